The molecule has 126 valence electrons. The minimum Gasteiger partial charge on any atom is -0.363 e. The van der Waals surface area contributed by atoms with E-state index >= 15 is 0 Å². The van der Waals surface area contributed by atoms with Gasteiger partial charge in [-0.2, -0.15) is 0 Å². The molecule has 1 N–H and O–H groups in total. The summed E-state index contributed by atoms with van der Waals surface area (Å²) in [4.78, 5) is 15.9. The van der Waals surface area contributed by atoms with E-state index in [2.05, 4.69) is 45.9 Å². The van der Waals surface area contributed by atoms with Crippen molar-refractivity contribution in [3.8, 4) is 0 Å². The molecule has 0 radical (unpaired) electrons. The molecule has 0 bridgehead atoms. The normalized spacial score (nSPS) is 12.9. The third-order valence-electron chi connectivity index (χ3n) is 4.57. The molecule has 0 saturated carbocycles. The molecule has 0 aliphatic carbocycles. The number of carbonyl (C=O) groups is 1. The lowest BCUT2D eigenvalue weighted by atomic mass is 10.1. The van der Waals surface area contributed by atoms with Crippen LogP contribution in [0, 0.1) is 0 Å². The predicted molar refractivity (Wildman–Crippen MR) is 103 cm³/mol. The Morgan fingerprint density at radius 2 is 1.68 bits per heavy atom. The van der Waals surface area contributed by atoms with Gasteiger partial charge in [-0.3, -0.25) is 4.79 Å². The van der Waals surface area contributed by atoms with Crippen LogP contribution >= 0.6 is 11.3 Å². The number of nitrogens with zero attached hydrogens (tertiary/aromatic N) is 1. The Labute approximate surface area is 151 Å². The van der Waals surface area contributed by atoms with Crippen molar-refractivity contribution in [2.24, 2.45) is 0 Å². The fraction of sp³-hybridized carbons (Fsp3) is 0.190. The van der Waals surface area contributed by atoms with Crippen molar-refractivity contribution in [1.29, 1.82) is 0 Å². The SMILES string of the molecule is O=C(NCCc1cccs1)c1ccc(N2Cc3ccccc3C2)cc1. The Morgan fingerprint density at radius 3 is 2.32 bits per heavy atom. The Morgan fingerprint density at radius 1 is 0.960 bits per heavy atom. The molecule has 4 heteroatoms. The third-order valence-corrected chi connectivity index (χ3v) is 5.51. The number of fused-ring (bicyclic) bond motifs is 1. The van der Waals surface area contributed by atoms with E-state index in [-0.39, 0.29) is 5.91 Å². The van der Waals surface area contributed by atoms with Gasteiger partial charge in [0.25, 0.3) is 5.91 Å². The average Bonchev–Trinajstić information content (AvgIpc) is 3.31. The second kappa shape index (κ2) is 7.11. The number of thiophene rings is 1. The van der Waals surface area contributed by atoms with Crippen LogP contribution in [0.3, 0.4) is 0 Å². The zero-order valence-electron chi connectivity index (χ0n) is 13.9. The molecule has 0 saturated heterocycles. The summed E-state index contributed by atoms with van der Waals surface area (Å²) in [6.07, 6.45) is 0.882. The lowest BCUT2D eigenvalue weighted by Crippen LogP contribution is -2.25. The zero-order valence-corrected chi connectivity index (χ0v) is 14.8. The van der Waals surface area contributed by atoms with Gasteiger partial charge in [0.1, 0.15) is 0 Å². The largest absolute Gasteiger partial charge is 0.363 e. The molecule has 3 aromatic rings. The molecule has 2 heterocycles. The van der Waals surface area contributed by atoms with Crippen LogP contribution in [0.1, 0.15) is 26.4 Å². The van der Waals surface area contributed by atoms with E-state index in [0.717, 1.165) is 25.2 Å². The number of benzene rings is 2. The zero-order chi connectivity index (χ0) is 17.1. The van der Waals surface area contributed by atoms with E-state index in [1.807, 2.05) is 30.3 Å². The molecule has 2 aromatic carbocycles. The second-order valence-electron chi connectivity index (χ2n) is 6.26. The second-order valence-corrected chi connectivity index (χ2v) is 7.29. The topological polar surface area (TPSA) is 32.3 Å². The molecule has 1 amide bonds. The molecule has 0 unspecified atom stereocenters. The fourth-order valence-electron chi connectivity index (χ4n) is 3.20. The van der Waals surface area contributed by atoms with Crippen molar-refractivity contribution >= 4 is 22.9 Å². The van der Waals surface area contributed by atoms with Gasteiger partial charge in [-0.15, -0.1) is 11.3 Å². The highest BCUT2D eigenvalue weighted by Gasteiger charge is 2.18. The van der Waals surface area contributed by atoms with Crippen LogP contribution in [0.25, 0.3) is 0 Å². The minimum atomic E-state index is -0.00665. The first-order valence-corrected chi connectivity index (χ1v) is 9.40. The number of nitrogens with one attached hydrogen (secondary N) is 1. The van der Waals surface area contributed by atoms with E-state index in [1.165, 1.54) is 16.0 Å². The summed E-state index contributed by atoms with van der Waals surface area (Å²) in [5.41, 5.74) is 4.65. The number of hydrogen-bond acceptors (Lipinski definition) is 3. The highest BCUT2D eigenvalue weighted by atomic mass is 32.1. The predicted octanol–water partition coefficient (Wildman–Crippen LogP) is 4.24. The summed E-state index contributed by atoms with van der Waals surface area (Å²) < 4.78 is 0. The van der Waals surface area contributed by atoms with Gasteiger partial charge in [0, 0.05) is 35.8 Å². The standard InChI is InChI=1S/C21H20N2OS/c24-21(22-12-11-20-6-3-13-25-20)16-7-9-19(10-8-16)23-14-17-4-1-2-5-18(17)15-23/h1-10,13H,11-12,14-15H2,(H,22,24). The Kier molecular flexibility index (Phi) is 4.53. The van der Waals surface area contributed by atoms with Gasteiger partial charge in [0.05, 0.1) is 0 Å². The molecule has 0 atom stereocenters. The van der Waals surface area contributed by atoms with E-state index < -0.39 is 0 Å². The summed E-state index contributed by atoms with van der Waals surface area (Å²) in [7, 11) is 0. The van der Waals surface area contributed by atoms with Crippen LogP contribution < -0.4 is 10.2 Å². The maximum atomic E-state index is 12.3. The maximum absolute atomic E-state index is 12.3. The average molecular weight is 348 g/mol. The molecule has 1 aromatic heterocycles. The monoisotopic (exact) mass is 348 g/mol. The lowest BCUT2D eigenvalue weighted by Gasteiger charge is -2.18. The fourth-order valence-corrected chi connectivity index (χ4v) is 3.90. The Hall–Kier alpha value is -2.59. The summed E-state index contributed by atoms with van der Waals surface area (Å²) in [5, 5.41) is 5.06. The third kappa shape index (κ3) is 3.59. The first kappa shape index (κ1) is 15.9. The minimum absolute atomic E-state index is 0.00665. The van der Waals surface area contributed by atoms with Crippen molar-refractivity contribution in [2.75, 3.05) is 11.4 Å². The first-order valence-electron chi connectivity index (χ1n) is 8.52. The van der Waals surface area contributed by atoms with Gasteiger partial charge in [0.2, 0.25) is 0 Å². The molecule has 4 rings (SSSR count). The summed E-state index contributed by atoms with van der Waals surface area (Å²) in [5.74, 6) is -0.00665. The van der Waals surface area contributed by atoms with Crippen LogP contribution in [0.15, 0.2) is 66.0 Å². The lowest BCUT2D eigenvalue weighted by molar-refractivity contribution is 0.0954. The summed E-state index contributed by atoms with van der Waals surface area (Å²) in [6.45, 7) is 2.54. The van der Waals surface area contributed by atoms with Crippen molar-refractivity contribution in [2.45, 2.75) is 19.5 Å². The van der Waals surface area contributed by atoms with E-state index in [1.54, 1.807) is 11.3 Å². The molecular formula is C21H20N2OS. The highest BCUT2D eigenvalue weighted by molar-refractivity contribution is 7.09. The smallest absolute Gasteiger partial charge is 0.251 e. The number of carbonyl (C=O) groups excluding carboxylic acids is 1. The van der Waals surface area contributed by atoms with E-state index in [9.17, 15) is 4.79 Å². The van der Waals surface area contributed by atoms with Crippen molar-refractivity contribution < 1.29 is 4.79 Å². The Balaban J connectivity index is 1.35. The van der Waals surface area contributed by atoms with E-state index in [4.69, 9.17) is 0 Å². The van der Waals surface area contributed by atoms with Gasteiger partial charge in [0.15, 0.2) is 0 Å². The highest BCUT2D eigenvalue weighted by Crippen LogP contribution is 2.28. The van der Waals surface area contributed by atoms with E-state index in [0.29, 0.717) is 12.1 Å². The van der Waals surface area contributed by atoms with Crippen LogP contribution in [-0.2, 0) is 19.5 Å². The quantitative estimate of drug-likeness (QED) is 0.748. The Bertz CT molecular complexity index is 831. The summed E-state index contributed by atoms with van der Waals surface area (Å²) in [6, 6.07) is 20.6. The molecule has 0 spiro atoms. The van der Waals surface area contributed by atoms with Gasteiger partial charge < -0.3 is 10.2 Å². The maximum Gasteiger partial charge on any atom is 0.251 e. The van der Waals surface area contributed by atoms with Gasteiger partial charge in [-0.05, 0) is 53.3 Å². The summed E-state index contributed by atoms with van der Waals surface area (Å²) >= 11 is 1.72. The van der Waals surface area contributed by atoms with Gasteiger partial charge in [-0.1, -0.05) is 30.3 Å². The number of anilines is 1. The molecular weight excluding hydrogens is 328 g/mol. The van der Waals surface area contributed by atoms with Crippen molar-refractivity contribution in [1.82, 2.24) is 5.32 Å². The molecule has 1 aliphatic heterocycles. The van der Waals surface area contributed by atoms with Crippen molar-refractivity contribution in [3.63, 3.8) is 0 Å². The number of rotatable bonds is 5. The van der Waals surface area contributed by atoms with Gasteiger partial charge in [-0.25, -0.2) is 0 Å². The van der Waals surface area contributed by atoms with Crippen LogP contribution in [-0.4, -0.2) is 12.5 Å². The van der Waals surface area contributed by atoms with Crippen LogP contribution in [0.2, 0.25) is 0 Å². The van der Waals surface area contributed by atoms with Crippen LogP contribution in [0.4, 0.5) is 5.69 Å². The number of hydrogen-bond donors (Lipinski definition) is 1. The van der Waals surface area contributed by atoms with Gasteiger partial charge >= 0.3 is 0 Å². The molecule has 1 aliphatic rings. The van der Waals surface area contributed by atoms with Crippen LogP contribution in [0.5, 0.6) is 0 Å². The molecule has 3 nitrogen and oxygen atoms in total. The van der Waals surface area contributed by atoms with Crippen molar-refractivity contribution in [3.05, 3.63) is 87.6 Å². The first-order chi connectivity index (χ1) is 12.3. The number of amides is 1. The molecule has 0 fully saturated rings. The molecule has 25 heavy (non-hydrogen) atoms.